The molecule has 0 saturated carbocycles. The van der Waals surface area contributed by atoms with Crippen LogP contribution in [0.5, 0.6) is 0 Å². The Balaban J connectivity index is 2.38. The molecule has 54 valence electrons. The first-order chi connectivity index (χ1) is 4.24. The highest BCUT2D eigenvalue weighted by Crippen LogP contribution is 2.25. The molecule has 0 radical (unpaired) electrons. The number of rotatable bonds is 1. The van der Waals surface area contributed by atoms with Crippen LogP contribution in [0.15, 0.2) is 0 Å². The van der Waals surface area contributed by atoms with E-state index < -0.39 is 0 Å². The number of aliphatic hydroxyl groups is 1. The predicted octanol–water partition coefficient (Wildman–Crippen LogP) is 0.960. The Morgan fingerprint density at radius 3 is 2.67 bits per heavy atom. The van der Waals surface area contributed by atoms with E-state index in [1.807, 2.05) is 6.92 Å². The molecule has 0 aromatic carbocycles. The fourth-order valence-corrected chi connectivity index (χ4v) is 2.18. The average Bonchev–Trinajstić information content (AvgIpc) is 2.10. The molecule has 2 nitrogen and oxygen atoms in total. The molecule has 2 unspecified atom stereocenters. The van der Waals surface area contributed by atoms with Gasteiger partial charge in [0.2, 0.25) is 0 Å². The van der Waals surface area contributed by atoms with Gasteiger partial charge in [-0.15, -0.1) is 0 Å². The van der Waals surface area contributed by atoms with Crippen LogP contribution in [0, 0.1) is 0 Å². The van der Waals surface area contributed by atoms with Crippen molar-refractivity contribution in [1.82, 2.24) is 0 Å². The van der Waals surface area contributed by atoms with E-state index in [2.05, 4.69) is 22.6 Å². The highest BCUT2D eigenvalue weighted by atomic mass is 127. The normalized spacial score (nSPS) is 43.7. The molecule has 0 spiro atoms. The summed E-state index contributed by atoms with van der Waals surface area (Å²) in [5.74, 6) is 0. The summed E-state index contributed by atoms with van der Waals surface area (Å²) >= 11 is 2.32. The largest absolute Gasteiger partial charge is 0.394 e. The van der Waals surface area contributed by atoms with E-state index in [1.165, 1.54) is 0 Å². The Kier molecular flexibility index (Phi) is 2.73. The number of halogens is 1. The zero-order valence-electron chi connectivity index (χ0n) is 5.38. The molecule has 1 aliphatic heterocycles. The van der Waals surface area contributed by atoms with Crippen LogP contribution in [0.4, 0.5) is 0 Å². The van der Waals surface area contributed by atoms with E-state index in [0.717, 1.165) is 6.42 Å². The van der Waals surface area contributed by atoms with Crippen LogP contribution in [0.25, 0.3) is 0 Å². The monoisotopic (exact) mass is 242 g/mol. The molecular weight excluding hydrogens is 231 g/mol. The van der Waals surface area contributed by atoms with Gasteiger partial charge in [0.05, 0.1) is 18.8 Å². The number of alkyl halides is 1. The molecule has 0 aromatic rings. The smallest absolute Gasteiger partial charge is 0.0927 e. The van der Waals surface area contributed by atoms with E-state index in [0.29, 0.717) is 10.0 Å². The van der Waals surface area contributed by atoms with Crippen LogP contribution >= 0.6 is 22.6 Å². The molecule has 1 heterocycles. The van der Waals surface area contributed by atoms with Gasteiger partial charge in [0.15, 0.2) is 0 Å². The Bertz CT molecular complexity index is 97.1. The van der Waals surface area contributed by atoms with Gasteiger partial charge in [0.25, 0.3) is 0 Å². The van der Waals surface area contributed by atoms with Crippen LogP contribution in [0.3, 0.4) is 0 Å². The van der Waals surface area contributed by atoms with Crippen molar-refractivity contribution in [2.75, 3.05) is 6.61 Å². The first-order valence-corrected chi connectivity index (χ1v) is 4.39. The average molecular weight is 242 g/mol. The number of ether oxygens (including phenoxy) is 1. The van der Waals surface area contributed by atoms with Gasteiger partial charge in [0, 0.05) is 3.92 Å². The summed E-state index contributed by atoms with van der Waals surface area (Å²) in [6.07, 6.45) is 1.50. The van der Waals surface area contributed by atoms with E-state index in [1.54, 1.807) is 0 Å². The Labute approximate surface area is 68.7 Å². The molecule has 3 atom stereocenters. The molecule has 1 rings (SSSR count). The van der Waals surface area contributed by atoms with Crippen molar-refractivity contribution < 1.29 is 9.84 Å². The number of aliphatic hydroxyl groups excluding tert-OH is 1. The first kappa shape index (κ1) is 7.75. The Hall–Kier alpha value is 0.650. The van der Waals surface area contributed by atoms with Crippen molar-refractivity contribution in [3.8, 4) is 0 Å². The summed E-state index contributed by atoms with van der Waals surface area (Å²) in [5, 5.41) is 8.72. The van der Waals surface area contributed by atoms with Crippen molar-refractivity contribution in [3.05, 3.63) is 0 Å². The summed E-state index contributed by atoms with van der Waals surface area (Å²) in [7, 11) is 0. The maximum atomic E-state index is 8.72. The van der Waals surface area contributed by atoms with Crippen molar-refractivity contribution in [3.63, 3.8) is 0 Å². The second-order valence-electron chi connectivity index (χ2n) is 2.42. The molecule has 9 heavy (non-hydrogen) atoms. The Morgan fingerprint density at radius 2 is 2.44 bits per heavy atom. The van der Waals surface area contributed by atoms with Crippen molar-refractivity contribution in [2.24, 2.45) is 0 Å². The van der Waals surface area contributed by atoms with Gasteiger partial charge in [-0.25, -0.2) is 0 Å². The quantitative estimate of drug-likeness (QED) is 0.548. The van der Waals surface area contributed by atoms with Gasteiger partial charge in [-0.2, -0.15) is 0 Å². The number of hydrogen-bond donors (Lipinski definition) is 1. The lowest BCUT2D eigenvalue weighted by molar-refractivity contribution is 0.0222. The molecule has 0 aromatic heterocycles. The minimum Gasteiger partial charge on any atom is -0.394 e. The van der Waals surface area contributed by atoms with Gasteiger partial charge in [-0.1, -0.05) is 22.6 Å². The summed E-state index contributed by atoms with van der Waals surface area (Å²) in [5.41, 5.74) is 0. The molecule has 1 saturated heterocycles. The lowest BCUT2D eigenvalue weighted by atomic mass is 10.2. The summed E-state index contributed by atoms with van der Waals surface area (Å²) in [6.45, 7) is 2.21. The highest BCUT2D eigenvalue weighted by Gasteiger charge is 2.29. The second-order valence-corrected chi connectivity index (χ2v) is 4.02. The van der Waals surface area contributed by atoms with Crippen LogP contribution in [-0.2, 0) is 4.74 Å². The van der Waals surface area contributed by atoms with Crippen molar-refractivity contribution in [1.29, 1.82) is 0 Å². The molecule has 3 heteroatoms. The van der Waals surface area contributed by atoms with Crippen LogP contribution in [0.1, 0.15) is 13.3 Å². The molecule has 1 N–H and O–H groups in total. The van der Waals surface area contributed by atoms with Crippen LogP contribution < -0.4 is 0 Å². The van der Waals surface area contributed by atoms with Gasteiger partial charge >= 0.3 is 0 Å². The van der Waals surface area contributed by atoms with E-state index in [4.69, 9.17) is 9.84 Å². The number of hydrogen-bond acceptors (Lipinski definition) is 2. The summed E-state index contributed by atoms with van der Waals surface area (Å²) < 4.78 is 5.87. The highest BCUT2D eigenvalue weighted by molar-refractivity contribution is 14.1. The minimum absolute atomic E-state index is 0.0839. The van der Waals surface area contributed by atoms with E-state index >= 15 is 0 Å². The molecule has 0 amide bonds. The SMILES string of the molecule is CC1CC(I)[C@@H](CO)O1. The Morgan fingerprint density at radius 1 is 1.78 bits per heavy atom. The standard InChI is InChI=1S/C6H11IO2/c1-4-2-5(7)6(3-8)9-4/h4-6,8H,2-3H2,1H3/t4?,5?,6-/m1/s1. The zero-order chi connectivity index (χ0) is 6.85. The first-order valence-electron chi connectivity index (χ1n) is 3.14. The van der Waals surface area contributed by atoms with Gasteiger partial charge in [-0.3, -0.25) is 0 Å². The van der Waals surface area contributed by atoms with E-state index in [9.17, 15) is 0 Å². The van der Waals surface area contributed by atoms with Gasteiger partial charge < -0.3 is 9.84 Å². The lowest BCUT2D eigenvalue weighted by Crippen LogP contribution is -2.19. The maximum Gasteiger partial charge on any atom is 0.0927 e. The maximum absolute atomic E-state index is 8.72. The third kappa shape index (κ3) is 1.78. The summed E-state index contributed by atoms with van der Waals surface area (Å²) in [4.78, 5) is 0. The molecule has 0 bridgehead atoms. The fourth-order valence-electron chi connectivity index (χ4n) is 1.07. The topological polar surface area (TPSA) is 29.5 Å². The van der Waals surface area contributed by atoms with Crippen molar-refractivity contribution in [2.45, 2.75) is 29.5 Å². The molecule has 1 aliphatic rings. The third-order valence-electron chi connectivity index (χ3n) is 1.55. The second kappa shape index (κ2) is 3.16. The molecular formula is C6H11IO2. The molecule has 0 aliphatic carbocycles. The van der Waals surface area contributed by atoms with Crippen molar-refractivity contribution >= 4 is 22.6 Å². The summed E-state index contributed by atoms with van der Waals surface area (Å²) in [6, 6.07) is 0. The molecule has 1 fully saturated rings. The lowest BCUT2D eigenvalue weighted by Gasteiger charge is -2.08. The third-order valence-corrected chi connectivity index (χ3v) is 2.86. The minimum atomic E-state index is 0.0839. The van der Waals surface area contributed by atoms with Gasteiger partial charge in [-0.05, 0) is 13.3 Å². The van der Waals surface area contributed by atoms with Gasteiger partial charge in [0.1, 0.15) is 0 Å². The van der Waals surface area contributed by atoms with Crippen LogP contribution in [0.2, 0.25) is 0 Å². The van der Waals surface area contributed by atoms with E-state index in [-0.39, 0.29) is 12.7 Å². The van der Waals surface area contributed by atoms with Crippen LogP contribution in [-0.4, -0.2) is 27.8 Å². The fraction of sp³-hybridized carbons (Fsp3) is 1.00. The zero-order valence-corrected chi connectivity index (χ0v) is 7.54. The predicted molar refractivity (Wildman–Crippen MR) is 43.8 cm³/mol.